The molecule has 0 amide bonds. The van der Waals surface area contributed by atoms with Crippen LogP contribution in [-0.4, -0.2) is 4.98 Å². The van der Waals surface area contributed by atoms with E-state index in [1.165, 1.54) is 5.39 Å². The fourth-order valence-corrected chi connectivity index (χ4v) is 1.05. The van der Waals surface area contributed by atoms with Crippen molar-refractivity contribution in [2.24, 2.45) is 0 Å². The number of nitrogens with zero attached hydrogens (tertiary/aromatic N) is 3. The van der Waals surface area contributed by atoms with Crippen molar-refractivity contribution in [1.29, 1.82) is 10.5 Å². The molecule has 0 saturated heterocycles. The van der Waals surface area contributed by atoms with Crippen LogP contribution in [0.5, 0.6) is 0 Å². The molecule has 0 N–H and O–H groups in total. The summed E-state index contributed by atoms with van der Waals surface area (Å²) in [6, 6.07) is 15.4. The van der Waals surface area contributed by atoms with Gasteiger partial charge in [0.05, 0.1) is 17.7 Å². The van der Waals surface area contributed by atoms with Crippen molar-refractivity contribution in [2.75, 3.05) is 0 Å². The maximum atomic E-state index is 7.59. The van der Waals surface area contributed by atoms with E-state index in [1.54, 1.807) is 12.1 Å². The molecule has 0 bridgehead atoms. The Bertz CT molecular complexity index is 428. The summed E-state index contributed by atoms with van der Waals surface area (Å²) in [6.45, 7) is 0. The SMILES string of the molecule is N#CCC#N.c1ccc2ncccc2c1. The molecule has 0 aliphatic heterocycles. The maximum Gasteiger partial charge on any atom is 0.122 e. The molecule has 0 atom stereocenters. The maximum absolute atomic E-state index is 7.59. The Morgan fingerprint density at radius 2 is 1.67 bits per heavy atom. The monoisotopic (exact) mass is 195 g/mol. The number of aromatic nitrogens is 1. The Morgan fingerprint density at radius 1 is 1.00 bits per heavy atom. The highest BCUT2D eigenvalue weighted by atomic mass is 14.6. The second-order valence-electron chi connectivity index (χ2n) is 2.69. The molecule has 0 spiro atoms. The Kier molecular flexibility index (Phi) is 4.36. The summed E-state index contributed by atoms with van der Waals surface area (Å²) < 4.78 is 0. The molecule has 72 valence electrons. The number of nitriles is 2. The zero-order valence-corrected chi connectivity index (χ0v) is 8.09. The van der Waals surface area contributed by atoms with E-state index in [2.05, 4.69) is 17.1 Å². The standard InChI is InChI=1S/C9H7N.C3H2N2/c1-2-6-9-8(4-1)5-3-7-10-9;4-2-1-3-5/h1-7H;1H2. The van der Waals surface area contributed by atoms with Crippen LogP contribution in [0, 0.1) is 22.7 Å². The number of fused-ring (bicyclic) bond motifs is 1. The quantitative estimate of drug-likeness (QED) is 0.649. The largest absolute Gasteiger partial charge is 0.256 e. The minimum absolute atomic E-state index is 0. The van der Waals surface area contributed by atoms with E-state index in [0.29, 0.717) is 0 Å². The average Bonchev–Trinajstić information content (AvgIpc) is 2.31. The summed E-state index contributed by atoms with van der Waals surface area (Å²) in [4.78, 5) is 4.18. The van der Waals surface area contributed by atoms with Crippen molar-refractivity contribution in [3.05, 3.63) is 42.6 Å². The molecule has 2 aromatic rings. The lowest BCUT2D eigenvalue weighted by Crippen LogP contribution is -1.73. The Hall–Kier alpha value is -2.39. The second kappa shape index (κ2) is 6.12. The van der Waals surface area contributed by atoms with Gasteiger partial charge in [0.25, 0.3) is 0 Å². The van der Waals surface area contributed by atoms with E-state index < -0.39 is 0 Å². The Balaban J connectivity index is 0.000000195. The highest BCUT2D eigenvalue weighted by Gasteiger charge is 1.86. The summed E-state index contributed by atoms with van der Waals surface area (Å²) in [5.41, 5.74) is 1.06. The Morgan fingerprint density at radius 3 is 2.27 bits per heavy atom. The first-order valence-electron chi connectivity index (χ1n) is 4.42. The van der Waals surface area contributed by atoms with Gasteiger partial charge in [0, 0.05) is 11.6 Å². The molecule has 1 aromatic heterocycles. The Labute approximate surface area is 88.2 Å². The van der Waals surface area contributed by atoms with Crippen LogP contribution >= 0.6 is 0 Å². The molecule has 0 radical (unpaired) electrons. The topological polar surface area (TPSA) is 60.5 Å². The molecule has 0 aliphatic rings. The van der Waals surface area contributed by atoms with E-state index in [1.807, 2.05) is 30.5 Å². The summed E-state index contributed by atoms with van der Waals surface area (Å²) in [6.07, 6.45) is 1.81. The van der Waals surface area contributed by atoms with Crippen LogP contribution in [0.1, 0.15) is 6.42 Å². The molecule has 3 heteroatoms. The summed E-state index contributed by atoms with van der Waals surface area (Å²) in [5.74, 6) is 0. The molecular formula is C12H9N3. The summed E-state index contributed by atoms with van der Waals surface area (Å²) >= 11 is 0. The number of hydrogen-bond acceptors (Lipinski definition) is 3. The minimum Gasteiger partial charge on any atom is -0.256 e. The molecule has 2 rings (SSSR count). The fraction of sp³-hybridized carbons (Fsp3) is 0.0833. The lowest BCUT2D eigenvalue weighted by Gasteiger charge is -1.91. The van der Waals surface area contributed by atoms with Gasteiger partial charge in [0.2, 0.25) is 0 Å². The first-order valence-corrected chi connectivity index (χ1v) is 4.42. The van der Waals surface area contributed by atoms with Crippen molar-refractivity contribution in [3.63, 3.8) is 0 Å². The van der Waals surface area contributed by atoms with Gasteiger partial charge in [0.15, 0.2) is 0 Å². The molecule has 1 heterocycles. The van der Waals surface area contributed by atoms with Gasteiger partial charge < -0.3 is 0 Å². The normalized spacial score (nSPS) is 8.13. The lowest BCUT2D eigenvalue weighted by molar-refractivity contribution is 1.33. The van der Waals surface area contributed by atoms with Gasteiger partial charge in [-0.3, -0.25) is 4.98 Å². The van der Waals surface area contributed by atoms with Gasteiger partial charge in [-0.05, 0) is 12.1 Å². The second-order valence-corrected chi connectivity index (χ2v) is 2.69. The van der Waals surface area contributed by atoms with Gasteiger partial charge >= 0.3 is 0 Å². The van der Waals surface area contributed by atoms with Crippen molar-refractivity contribution in [2.45, 2.75) is 6.42 Å². The first kappa shape index (κ1) is 10.7. The van der Waals surface area contributed by atoms with Crippen LogP contribution in [0.25, 0.3) is 10.9 Å². The van der Waals surface area contributed by atoms with E-state index in [0.717, 1.165) is 5.52 Å². The first-order chi connectivity index (χ1) is 7.38. The van der Waals surface area contributed by atoms with Crippen LogP contribution in [-0.2, 0) is 0 Å². The van der Waals surface area contributed by atoms with E-state index >= 15 is 0 Å². The zero-order chi connectivity index (χ0) is 10.9. The lowest BCUT2D eigenvalue weighted by atomic mass is 10.2. The number of hydrogen-bond donors (Lipinski definition) is 0. The molecule has 0 aliphatic carbocycles. The molecule has 0 fully saturated rings. The number of para-hydroxylation sites is 1. The molecular weight excluding hydrogens is 186 g/mol. The smallest absolute Gasteiger partial charge is 0.122 e. The average molecular weight is 195 g/mol. The third-order valence-corrected chi connectivity index (χ3v) is 1.67. The summed E-state index contributed by atoms with van der Waals surface area (Å²) in [5, 5.41) is 16.4. The van der Waals surface area contributed by atoms with Crippen LogP contribution in [0.2, 0.25) is 0 Å². The molecule has 1 aromatic carbocycles. The number of rotatable bonds is 0. The summed E-state index contributed by atoms with van der Waals surface area (Å²) in [7, 11) is 0. The highest BCUT2D eigenvalue weighted by Crippen LogP contribution is 2.07. The number of pyridine rings is 1. The van der Waals surface area contributed by atoms with Crippen LogP contribution < -0.4 is 0 Å². The van der Waals surface area contributed by atoms with E-state index in [-0.39, 0.29) is 6.42 Å². The van der Waals surface area contributed by atoms with Crippen molar-refractivity contribution < 1.29 is 0 Å². The van der Waals surface area contributed by atoms with Crippen LogP contribution in [0.4, 0.5) is 0 Å². The number of benzene rings is 1. The van der Waals surface area contributed by atoms with E-state index in [9.17, 15) is 0 Å². The molecule has 15 heavy (non-hydrogen) atoms. The minimum atomic E-state index is 0. The van der Waals surface area contributed by atoms with Crippen molar-refractivity contribution >= 4 is 10.9 Å². The van der Waals surface area contributed by atoms with Gasteiger partial charge in [0.1, 0.15) is 6.42 Å². The van der Waals surface area contributed by atoms with Crippen LogP contribution in [0.15, 0.2) is 42.6 Å². The van der Waals surface area contributed by atoms with Gasteiger partial charge in [-0.1, -0.05) is 24.3 Å². The van der Waals surface area contributed by atoms with Crippen LogP contribution in [0.3, 0.4) is 0 Å². The zero-order valence-electron chi connectivity index (χ0n) is 8.09. The fourth-order valence-electron chi connectivity index (χ4n) is 1.05. The predicted octanol–water partition coefficient (Wildman–Crippen LogP) is 2.66. The highest BCUT2D eigenvalue weighted by molar-refractivity contribution is 5.77. The molecule has 0 saturated carbocycles. The van der Waals surface area contributed by atoms with E-state index in [4.69, 9.17) is 10.5 Å². The van der Waals surface area contributed by atoms with Crippen molar-refractivity contribution in [3.8, 4) is 12.1 Å². The molecule has 3 nitrogen and oxygen atoms in total. The third kappa shape index (κ3) is 3.46. The molecule has 0 unspecified atom stereocenters. The van der Waals surface area contributed by atoms with Crippen molar-refractivity contribution in [1.82, 2.24) is 4.98 Å². The third-order valence-electron chi connectivity index (χ3n) is 1.67. The van der Waals surface area contributed by atoms with Gasteiger partial charge in [-0.15, -0.1) is 0 Å². The predicted molar refractivity (Wildman–Crippen MR) is 57.6 cm³/mol. The van der Waals surface area contributed by atoms with Gasteiger partial charge in [-0.25, -0.2) is 0 Å². The van der Waals surface area contributed by atoms with Gasteiger partial charge in [-0.2, -0.15) is 10.5 Å².